The zero-order chi connectivity index (χ0) is 9.68. The quantitative estimate of drug-likeness (QED) is 0.649. The van der Waals surface area contributed by atoms with Gasteiger partial charge in [-0.1, -0.05) is 6.92 Å². The summed E-state index contributed by atoms with van der Waals surface area (Å²) in [7, 11) is 0. The van der Waals surface area contributed by atoms with Crippen molar-refractivity contribution in [1.29, 1.82) is 0 Å². The molecule has 0 saturated carbocycles. The molecule has 0 saturated heterocycles. The van der Waals surface area contributed by atoms with Crippen LogP contribution in [0.3, 0.4) is 0 Å². The van der Waals surface area contributed by atoms with Crippen molar-refractivity contribution in [2.45, 2.75) is 19.9 Å². The van der Waals surface area contributed by atoms with Gasteiger partial charge in [0.2, 0.25) is 0 Å². The molecule has 0 bridgehead atoms. The van der Waals surface area contributed by atoms with Gasteiger partial charge in [0.25, 0.3) is 5.91 Å². The lowest BCUT2D eigenvalue weighted by Crippen LogP contribution is -2.20. The first kappa shape index (κ1) is 9.33. The van der Waals surface area contributed by atoms with Gasteiger partial charge in [0, 0.05) is 0 Å². The van der Waals surface area contributed by atoms with Crippen molar-refractivity contribution in [3.8, 4) is 12.3 Å². The Balaban J connectivity index is 2.46. The van der Waals surface area contributed by atoms with E-state index < -0.39 is 5.91 Å². The molecule has 1 rings (SSSR count). The van der Waals surface area contributed by atoms with E-state index in [1.807, 2.05) is 18.9 Å². The second kappa shape index (κ2) is 4.31. The highest BCUT2D eigenvalue weighted by molar-refractivity contribution is 5.92. The van der Waals surface area contributed by atoms with E-state index in [0.717, 1.165) is 17.8 Å². The monoisotopic (exact) mass is 177 g/mol. The third-order valence-corrected chi connectivity index (χ3v) is 1.62. The van der Waals surface area contributed by atoms with Crippen LogP contribution in [-0.4, -0.2) is 16.1 Å². The van der Waals surface area contributed by atoms with Gasteiger partial charge in [-0.3, -0.25) is 9.89 Å². The minimum Gasteiger partial charge on any atom is -0.340 e. The van der Waals surface area contributed by atoms with E-state index in [9.17, 15) is 4.79 Å². The Morgan fingerprint density at radius 2 is 2.62 bits per heavy atom. The SMILES string of the molecule is C#CC(=O)NCc1cc(CC)n[nH]1. The first-order valence-corrected chi connectivity index (χ1v) is 4.04. The molecule has 4 heteroatoms. The first-order valence-electron chi connectivity index (χ1n) is 4.04. The predicted octanol–water partition coefficient (Wildman–Crippen LogP) is 0.221. The molecule has 0 spiro atoms. The summed E-state index contributed by atoms with van der Waals surface area (Å²) < 4.78 is 0. The number of aromatic amines is 1. The topological polar surface area (TPSA) is 57.8 Å². The van der Waals surface area contributed by atoms with Gasteiger partial charge in [-0.15, -0.1) is 6.42 Å². The van der Waals surface area contributed by atoms with Gasteiger partial charge in [0.1, 0.15) is 0 Å². The highest BCUT2D eigenvalue weighted by atomic mass is 16.1. The normalized spacial score (nSPS) is 9.23. The maximum atomic E-state index is 10.7. The summed E-state index contributed by atoms with van der Waals surface area (Å²) in [6.07, 6.45) is 5.75. The van der Waals surface area contributed by atoms with E-state index in [0.29, 0.717) is 6.54 Å². The minimum atomic E-state index is -0.410. The van der Waals surface area contributed by atoms with Crippen molar-refractivity contribution in [2.24, 2.45) is 0 Å². The molecule has 0 radical (unpaired) electrons. The fourth-order valence-electron chi connectivity index (χ4n) is 0.907. The molecule has 0 aromatic carbocycles. The van der Waals surface area contributed by atoms with Gasteiger partial charge in [-0.25, -0.2) is 0 Å². The number of H-pyrrole nitrogens is 1. The van der Waals surface area contributed by atoms with Crippen LogP contribution in [0, 0.1) is 12.3 Å². The van der Waals surface area contributed by atoms with Gasteiger partial charge in [0.05, 0.1) is 17.9 Å². The van der Waals surface area contributed by atoms with Crippen LogP contribution < -0.4 is 5.32 Å². The molecular formula is C9H11N3O. The highest BCUT2D eigenvalue weighted by Crippen LogP contribution is 1.99. The van der Waals surface area contributed by atoms with Gasteiger partial charge in [-0.05, 0) is 18.4 Å². The van der Waals surface area contributed by atoms with E-state index in [1.165, 1.54) is 0 Å². The Morgan fingerprint density at radius 1 is 1.85 bits per heavy atom. The second-order valence-electron chi connectivity index (χ2n) is 2.57. The molecule has 0 aliphatic carbocycles. The molecule has 0 aliphatic rings. The summed E-state index contributed by atoms with van der Waals surface area (Å²) in [5.41, 5.74) is 1.84. The molecular weight excluding hydrogens is 166 g/mol. The van der Waals surface area contributed by atoms with Crippen LogP contribution >= 0.6 is 0 Å². The van der Waals surface area contributed by atoms with Crippen LogP contribution in [0.15, 0.2) is 6.07 Å². The van der Waals surface area contributed by atoms with Crippen molar-refractivity contribution in [2.75, 3.05) is 0 Å². The number of carbonyl (C=O) groups excluding carboxylic acids is 1. The van der Waals surface area contributed by atoms with Crippen LogP contribution in [0.25, 0.3) is 0 Å². The summed E-state index contributed by atoms with van der Waals surface area (Å²) >= 11 is 0. The van der Waals surface area contributed by atoms with E-state index in [1.54, 1.807) is 0 Å². The van der Waals surface area contributed by atoms with Crippen LogP contribution in [-0.2, 0) is 17.8 Å². The number of nitrogens with one attached hydrogen (secondary N) is 2. The Bertz CT molecular complexity index is 335. The highest BCUT2D eigenvalue weighted by Gasteiger charge is 1.99. The lowest BCUT2D eigenvalue weighted by atomic mass is 10.3. The maximum absolute atomic E-state index is 10.7. The van der Waals surface area contributed by atoms with Crippen LogP contribution in [0.4, 0.5) is 0 Å². The number of carbonyl (C=O) groups is 1. The second-order valence-corrected chi connectivity index (χ2v) is 2.57. The predicted molar refractivity (Wildman–Crippen MR) is 48.6 cm³/mol. The number of rotatable bonds is 3. The van der Waals surface area contributed by atoms with Crippen molar-refractivity contribution in [3.63, 3.8) is 0 Å². The zero-order valence-corrected chi connectivity index (χ0v) is 7.42. The van der Waals surface area contributed by atoms with Gasteiger partial charge in [0.15, 0.2) is 0 Å². The average Bonchev–Trinajstić information content (AvgIpc) is 2.61. The smallest absolute Gasteiger partial charge is 0.295 e. The van der Waals surface area contributed by atoms with Crippen LogP contribution in [0.1, 0.15) is 18.3 Å². The Labute approximate surface area is 76.7 Å². The summed E-state index contributed by atoms with van der Waals surface area (Å²) in [4.78, 5) is 10.7. The van der Waals surface area contributed by atoms with Gasteiger partial charge < -0.3 is 5.32 Å². The number of aryl methyl sites for hydroxylation is 1. The molecule has 4 nitrogen and oxygen atoms in total. The molecule has 68 valence electrons. The van der Waals surface area contributed by atoms with E-state index in [-0.39, 0.29) is 0 Å². The number of terminal acetylenes is 1. The molecule has 0 fully saturated rings. The molecule has 1 amide bonds. The average molecular weight is 177 g/mol. The number of nitrogens with zero attached hydrogens (tertiary/aromatic N) is 1. The maximum Gasteiger partial charge on any atom is 0.295 e. The van der Waals surface area contributed by atoms with Crippen molar-refractivity contribution >= 4 is 5.91 Å². The molecule has 1 heterocycles. The Morgan fingerprint density at radius 3 is 3.15 bits per heavy atom. The molecule has 13 heavy (non-hydrogen) atoms. The van der Waals surface area contributed by atoms with Gasteiger partial charge in [-0.2, -0.15) is 5.10 Å². The van der Waals surface area contributed by atoms with E-state index in [4.69, 9.17) is 6.42 Å². The molecule has 1 aromatic heterocycles. The lowest BCUT2D eigenvalue weighted by molar-refractivity contribution is -0.115. The van der Waals surface area contributed by atoms with E-state index in [2.05, 4.69) is 15.5 Å². The zero-order valence-electron chi connectivity index (χ0n) is 7.42. The molecule has 1 aromatic rings. The molecule has 0 aliphatic heterocycles. The largest absolute Gasteiger partial charge is 0.340 e. The van der Waals surface area contributed by atoms with Crippen molar-refractivity contribution < 1.29 is 4.79 Å². The standard InChI is InChI=1S/C9H11N3O/c1-3-7-5-8(12-11-7)6-10-9(13)4-2/h2,5H,3,6H2,1H3,(H,10,13)(H,11,12). The summed E-state index contributed by atoms with van der Waals surface area (Å²) in [5.74, 6) is 1.56. The summed E-state index contributed by atoms with van der Waals surface area (Å²) in [5, 5.41) is 9.35. The first-order chi connectivity index (χ1) is 6.26. The Kier molecular flexibility index (Phi) is 3.09. The molecule has 2 N–H and O–H groups in total. The molecule has 0 unspecified atom stereocenters. The number of aromatic nitrogens is 2. The number of hydrogen-bond acceptors (Lipinski definition) is 2. The fraction of sp³-hybridized carbons (Fsp3) is 0.333. The van der Waals surface area contributed by atoms with Gasteiger partial charge >= 0.3 is 0 Å². The van der Waals surface area contributed by atoms with Crippen LogP contribution in [0.2, 0.25) is 0 Å². The summed E-state index contributed by atoms with van der Waals surface area (Å²) in [6.45, 7) is 2.41. The lowest BCUT2D eigenvalue weighted by Gasteiger charge is -1.95. The Hall–Kier alpha value is -1.76. The fourth-order valence-corrected chi connectivity index (χ4v) is 0.907. The van der Waals surface area contributed by atoms with Crippen LogP contribution in [0.5, 0.6) is 0 Å². The van der Waals surface area contributed by atoms with Crippen molar-refractivity contribution in [3.05, 3.63) is 17.5 Å². The third kappa shape index (κ3) is 2.64. The third-order valence-electron chi connectivity index (χ3n) is 1.62. The minimum absolute atomic E-state index is 0.399. The van der Waals surface area contributed by atoms with Crippen molar-refractivity contribution in [1.82, 2.24) is 15.5 Å². The number of hydrogen-bond donors (Lipinski definition) is 2. The van der Waals surface area contributed by atoms with E-state index >= 15 is 0 Å². The molecule has 0 atom stereocenters. The summed E-state index contributed by atoms with van der Waals surface area (Å²) in [6, 6.07) is 1.90. The number of amides is 1.